The standard InChI is InChI=1S/C15H23NO2.C10H18O4/c1-16(2)11-13-6-3-4-9-15(13,18)12-7-5-8-14(17)10-12;11-9(12)7-5-3-1-2-4-6-8-10(13)14/h5,7-8,10,13,17-18H,3-4,6,9,11H2,1-2H3;1-8H2,(H,11,12)(H,13,14). The summed E-state index contributed by atoms with van der Waals surface area (Å²) in [5, 5.41) is 37.3. The molecule has 1 fully saturated rings. The number of aliphatic hydroxyl groups is 1. The van der Waals surface area contributed by atoms with Crippen LogP contribution in [0.15, 0.2) is 24.3 Å². The Kier molecular flexibility index (Phi) is 13.0. The van der Waals surface area contributed by atoms with E-state index in [1.54, 1.807) is 12.1 Å². The first-order valence-electron chi connectivity index (χ1n) is 11.8. The topological polar surface area (TPSA) is 118 Å². The van der Waals surface area contributed by atoms with E-state index in [-0.39, 0.29) is 24.5 Å². The minimum atomic E-state index is -0.790. The molecule has 0 amide bonds. The van der Waals surface area contributed by atoms with E-state index < -0.39 is 17.5 Å². The zero-order valence-electron chi connectivity index (χ0n) is 19.6. The fraction of sp³-hybridized carbons (Fsp3) is 0.680. The predicted octanol–water partition coefficient (Wildman–Crippen LogP) is 4.61. The van der Waals surface area contributed by atoms with Crippen molar-refractivity contribution in [1.82, 2.24) is 4.90 Å². The van der Waals surface area contributed by atoms with Gasteiger partial charge in [0, 0.05) is 25.3 Å². The van der Waals surface area contributed by atoms with E-state index in [0.29, 0.717) is 0 Å². The zero-order valence-corrected chi connectivity index (χ0v) is 19.6. The van der Waals surface area contributed by atoms with Crippen molar-refractivity contribution in [1.29, 1.82) is 0 Å². The summed E-state index contributed by atoms with van der Waals surface area (Å²) >= 11 is 0. The predicted molar refractivity (Wildman–Crippen MR) is 125 cm³/mol. The van der Waals surface area contributed by atoms with Crippen LogP contribution in [0.25, 0.3) is 0 Å². The number of hydrogen-bond acceptors (Lipinski definition) is 5. The van der Waals surface area contributed by atoms with Crippen LogP contribution >= 0.6 is 0 Å². The number of phenolic OH excluding ortho intramolecular Hbond substituents is 1. The summed E-state index contributed by atoms with van der Waals surface area (Å²) < 4.78 is 0. The lowest BCUT2D eigenvalue weighted by Gasteiger charge is -2.41. The van der Waals surface area contributed by atoms with Gasteiger partial charge in [0.05, 0.1) is 5.60 Å². The minimum absolute atomic E-state index is 0.232. The number of carboxylic acids is 2. The van der Waals surface area contributed by atoms with Crippen LogP contribution in [0.5, 0.6) is 5.75 Å². The Hall–Kier alpha value is -2.12. The molecular formula is C25H41NO6. The first-order chi connectivity index (χ1) is 15.1. The van der Waals surface area contributed by atoms with E-state index in [4.69, 9.17) is 10.2 Å². The van der Waals surface area contributed by atoms with Gasteiger partial charge in [-0.1, -0.05) is 50.7 Å². The number of hydrogen-bond donors (Lipinski definition) is 4. The highest BCUT2D eigenvalue weighted by Crippen LogP contribution is 2.42. The first-order valence-corrected chi connectivity index (χ1v) is 11.8. The molecule has 2 atom stereocenters. The molecule has 0 spiro atoms. The van der Waals surface area contributed by atoms with Gasteiger partial charge in [-0.25, -0.2) is 0 Å². The van der Waals surface area contributed by atoms with Crippen molar-refractivity contribution >= 4 is 11.9 Å². The van der Waals surface area contributed by atoms with Crippen LogP contribution < -0.4 is 0 Å². The normalized spacial score (nSPS) is 20.4. The number of unbranched alkanes of at least 4 members (excludes halogenated alkanes) is 5. The molecule has 0 aliphatic heterocycles. The first kappa shape index (κ1) is 27.9. The molecule has 0 heterocycles. The SMILES string of the molecule is CN(C)CC1CCCCC1(O)c1cccc(O)c1.O=C(O)CCCCCCCCC(=O)O. The number of aliphatic carboxylic acids is 2. The average Bonchev–Trinajstić information content (AvgIpc) is 2.71. The van der Waals surface area contributed by atoms with Crippen LogP contribution in [0, 0.1) is 5.92 Å². The summed E-state index contributed by atoms with van der Waals surface area (Å²) in [6.07, 6.45) is 9.89. The molecule has 0 radical (unpaired) electrons. The number of nitrogens with zero attached hydrogens (tertiary/aromatic N) is 1. The third kappa shape index (κ3) is 11.0. The maximum absolute atomic E-state index is 11.0. The van der Waals surface area contributed by atoms with Crippen LogP contribution in [-0.4, -0.2) is 57.9 Å². The molecule has 32 heavy (non-hydrogen) atoms. The lowest BCUT2D eigenvalue weighted by atomic mass is 9.71. The highest BCUT2D eigenvalue weighted by atomic mass is 16.4. The molecule has 7 nitrogen and oxygen atoms in total. The molecule has 2 unspecified atom stereocenters. The second-order valence-corrected chi connectivity index (χ2v) is 9.09. The summed E-state index contributed by atoms with van der Waals surface area (Å²) in [5.74, 6) is -1.01. The average molecular weight is 452 g/mol. The van der Waals surface area contributed by atoms with Crippen molar-refractivity contribution in [3.8, 4) is 5.75 Å². The van der Waals surface area contributed by atoms with Crippen LogP contribution in [-0.2, 0) is 15.2 Å². The van der Waals surface area contributed by atoms with Gasteiger partial charge in [-0.3, -0.25) is 9.59 Å². The molecule has 1 aromatic rings. The van der Waals surface area contributed by atoms with Crippen molar-refractivity contribution in [3.63, 3.8) is 0 Å². The van der Waals surface area contributed by atoms with Gasteiger partial charge in [0.15, 0.2) is 0 Å². The lowest BCUT2D eigenvalue weighted by molar-refractivity contribution is -0.138. The molecule has 0 saturated heterocycles. The Bertz CT molecular complexity index is 673. The molecule has 0 bridgehead atoms. The molecule has 7 heteroatoms. The van der Waals surface area contributed by atoms with E-state index >= 15 is 0 Å². The number of carboxylic acid groups (broad SMARTS) is 2. The zero-order chi connectivity index (χ0) is 24.0. The quantitative estimate of drug-likeness (QED) is 0.343. The number of rotatable bonds is 12. The number of benzene rings is 1. The van der Waals surface area contributed by atoms with Crippen molar-refractivity contribution in [2.24, 2.45) is 5.92 Å². The Balaban J connectivity index is 0.000000333. The van der Waals surface area contributed by atoms with Gasteiger partial charge < -0.3 is 25.3 Å². The van der Waals surface area contributed by atoms with Crippen LogP contribution in [0.3, 0.4) is 0 Å². The van der Waals surface area contributed by atoms with Crippen molar-refractivity contribution < 1.29 is 30.0 Å². The molecule has 1 aliphatic carbocycles. The third-order valence-electron chi connectivity index (χ3n) is 6.00. The lowest BCUT2D eigenvalue weighted by Crippen LogP contribution is -2.43. The minimum Gasteiger partial charge on any atom is -0.508 e. The second kappa shape index (κ2) is 14.9. The monoisotopic (exact) mass is 451 g/mol. The van der Waals surface area contributed by atoms with Gasteiger partial charge >= 0.3 is 11.9 Å². The summed E-state index contributed by atoms with van der Waals surface area (Å²) in [6.45, 7) is 0.881. The maximum atomic E-state index is 11.0. The van der Waals surface area contributed by atoms with Crippen molar-refractivity contribution in [2.45, 2.75) is 82.7 Å². The van der Waals surface area contributed by atoms with E-state index in [2.05, 4.69) is 4.90 Å². The molecule has 4 N–H and O–H groups in total. The molecule has 0 aromatic heterocycles. The number of phenols is 1. The summed E-state index contributed by atoms with van der Waals surface area (Å²) in [7, 11) is 4.08. The van der Waals surface area contributed by atoms with Crippen LogP contribution in [0.1, 0.15) is 82.6 Å². The van der Waals surface area contributed by atoms with Gasteiger partial charge in [-0.2, -0.15) is 0 Å². The molecule has 182 valence electrons. The Labute approximate surface area is 192 Å². The van der Waals surface area contributed by atoms with E-state index in [1.807, 2.05) is 26.2 Å². The van der Waals surface area contributed by atoms with Crippen LogP contribution in [0.4, 0.5) is 0 Å². The molecule has 1 saturated carbocycles. The third-order valence-corrected chi connectivity index (χ3v) is 6.00. The summed E-state index contributed by atoms with van der Waals surface area (Å²) in [4.78, 5) is 22.4. The van der Waals surface area contributed by atoms with Gasteiger partial charge in [0.2, 0.25) is 0 Å². The Morgan fingerprint density at radius 1 is 0.969 bits per heavy atom. The van der Waals surface area contributed by atoms with E-state index in [1.165, 1.54) is 6.42 Å². The van der Waals surface area contributed by atoms with Gasteiger partial charge in [-0.15, -0.1) is 0 Å². The van der Waals surface area contributed by atoms with Crippen molar-refractivity contribution in [2.75, 3.05) is 20.6 Å². The number of carbonyl (C=O) groups is 2. The molecule has 1 aliphatic rings. The smallest absolute Gasteiger partial charge is 0.303 e. The number of aromatic hydroxyl groups is 1. The van der Waals surface area contributed by atoms with E-state index in [0.717, 1.165) is 69.9 Å². The van der Waals surface area contributed by atoms with Crippen molar-refractivity contribution in [3.05, 3.63) is 29.8 Å². The van der Waals surface area contributed by atoms with Gasteiger partial charge in [-0.05, 0) is 57.5 Å². The van der Waals surface area contributed by atoms with Gasteiger partial charge in [0.25, 0.3) is 0 Å². The molecule has 1 aromatic carbocycles. The maximum Gasteiger partial charge on any atom is 0.303 e. The molecule has 2 rings (SSSR count). The highest BCUT2D eigenvalue weighted by Gasteiger charge is 2.40. The largest absolute Gasteiger partial charge is 0.508 e. The van der Waals surface area contributed by atoms with Gasteiger partial charge in [0.1, 0.15) is 5.75 Å². The fourth-order valence-corrected chi connectivity index (χ4v) is 4.33. The Morgan fingerprint density at radius 2 is 1.53 bits per heavy atom. The molecular weight excluding hydrogens is 410 g/mol. The summed E-state index contributed by atoms with van der Waals surface area (Å²) in [5.41, 5.74) is 0.0652. The van der Waals surface area contributed by atoms with E-state index in [9.17, 15) is 19.8 Å². The van der Waals surface area contributed by atoms with Crippen LogP contribution in [0.2, 0.25) is 0 Å². The highest BCUT2D eigenvalue weighted by molar-refractivity contribution is 5.66. The summed E-state index contributed by atoms with van der Waals surface area (Å²) in [6, 6.07) is 7.09. The fourth-order valence-electron chi connectivity index (χ4n) is 4.33. The second-order valence-electron chi connectivity index (χ2n) is 9.09. The Morgan fingerprint density at radius 3 is 2.03 bits per heavy atom.